The van der Waals surface area contributed by atoms with Gasteiger partial charge in [0.15, 0.2) is 5.65 Å². The van der Waals surface area contributed by atoms with Gasteiger partial charge in [-0.05, 0) is 33.6 Å². The number of H-pyrrole nitrogens is 1. The molecule has 3 aromatic rings. The second-order valence-corrected chi connectivity index (χ2v) is 5.04. The summed E-state index contributed by atoms with van der Waals surface area (Å²) in [5, 5.41) is 9.57. The average Bonchev–Trinajstić information content (AvgIpc) is 2.84. The number of fused-ring (bicyclic) bond motifs is 1. The highest BCUT2D eigenvalue weighted by Crippen LogP contribution is 2.28. The van der Waals surface area contributed by atoms with Gasteiger partial charge < -0.3 is 5.32 Å². The van der Waals surface area contributed by atoms with Crippen LogP contribution >= 0.6 is 27.5 Å². The number of hydrogen-bond donors (Lipinski definition) is 2. The topological polar surface area (TPSA) is 66.5 Å². The Bertz CT molecular complexity index is 807. The van der Waals surface area contributed by atoms with Gasteiger partial charge in [-0.2, -0.15) is 15.1 Å². The number of hydrogen-bond acceptors (Lipinski definition) is 4. The van der Waals surface area contributed by atoms with Gasteiger partial charge in [0.05, 0.1) is 21.7 Å². The smallest absolute Gasteiger partial charge is 0.226 e. The van der Waals surface area contributed by atoms with Crippen LogP contribution in [0.3, 0.4) is 0 Å². The average molecular weight is 361 g/mol. The van der Waals surface area contributed by atoms with Crippen molar-refractivity contribution in [3.63, 3.8) is 0 Å². The molecule has 3 rings (SSSR count). The van der Waals surface area contributed by atoms with Crippen molar-refractivity contribution < 1.29 is 8.78 Å². The van der Waals surface area contributed by atoms with Crippen molar-refractivity contribution in [2.45, 2.75) is 0 Å². The molecule has 0 saturated heterocycles. The van der Waals surface area contributed by atoms with E-state index in [-0.39, 0.29) is 21.3 Å². The Kier molecular flexibility index (Phi) is 3.27. The first-order valence-electron chi connectivity index (χ1n) is 5.33. The number of rotatable bonds is 2. The van der Waals surface area contributed by atoms with Crippen molar-refractivity contribution in [2.24, 2.45) is 0 Å². The van der Waals surface area contributed by atoms with E-state index in [1.807, 2.05) is 0 Å². The van der Waals surface area contributed by atoms with Crippen LogP contribution in [0.2, 0.25) is 5.28 Å². The summed E-state index contributed by atoms with van der Waals surface area (Å²) in [5.74, 6) is -1.00. The molecule has 102 valence electrons. The minimum absolute atomic E-state index is 0.0368. The molecule has 0 fully saturated rings. The summed E-state index contributed by atoms with van der Waals surface area (Å²) in [5.41, 5.74) is 0.327. The van der Waals surface area contributed by atoms with E-state index in [9.17, 15) is 8.78 Å². The Balaban J connectivity index is 2.09. The van der Waals surface area contributed by atoms with Crippen LogP contribution in [0.1, 0.15) is 0 Å². The molecule has 0 atom stereocenters. The molecule has 2 N–H and O–H groups in total. The molecule has 20 heavy (non-hydrogen) atoms. The number of anilines is 2. The van der Waals surface area contributed by atoms with E-state index in [1.54, 1.807) is 0 Å². The van der Waals surface area contributed by atoms with Gasteiger partial charge in [0, 0.05) is 6.07 Å². The monoisotopic (exact) mass is 359 g/mol. The summed E-state index contributed by atoms with van der Waals surface area (Å²) in [4.78, 5) is 7.86. The van der Waals surface area contributed by atoms with Crippen LogP contribution < -0.4 is 5.32 Å². The largest absolute Gasteiger partial charge is 0.337 e. The summed E-state index contributed by atoms with van der Waals surface area (Å²) >= 11 is 8.66. The normalized spacial score (nSPS) is 11.0. The molecule has 0 aliphatic heterocycles. The Labute approximate surface area is 124 Å². The standard InChI is InChI=1S/C11H5BrClF2N5/c12-5-1-7(15)8(2-6(5)14)17-9-4-3-16-20-10(4)19-11(13)18-9/h1-3H,(H2,16,17,18,19,20). The van der Waals surface area contributed by atoms with Gasteiger partial charge in [-0.25, -0.2) is 8.78 Å². The van der Waals surface area contributed by atoms with E-state index in [4.69, 9.17) is 11.6 Å². The highest BCUT2D eigenvalue weighted by atomic mass is 79.9. The number of benzene rings is 1. The van der Waals surface area contributed by atoms with Crippen molar-refractivity contribution in [3.8, 4) is 0 Å². The second-order valence-electron chi connectivity index (χ2n) is 3.84. The molecule has 0 amide bonds. The summed E-state index contributed by atoms with van der Waals surface area (Å²) in [6.45, 7) is 0. The third kappa shape index (κ3) is 2.32. The maximum atomic E-state index is 13.8. The van der Waals surface area contributed by atoms with Gasteiger partial charge in [0.1, 0.15) is 17.5 Å². The highest BCUT2D eigenvalue weighted by Gasteiger charge is 2.13. The molecule has 2 heterocycles. The Morgan fingerprint density at radius 2 is 2.00 bits per heavy atom. The fraction of sp³-hybridized carbons (Fsp3) is 0. The molecular weight excluding hydrogens is 356 g/mol. The zero-order valence-electron chi connectivity index (χ0n) is 9.59. The lowest BCUT2D eigenvalue weighted by Crippen LogP contribution is -1.99. The second kappa shape index (κ2) is 4.95. The van der Waals surface area contributed by atoms with E-state index in [0.717, 1.165) is 12.1 Å². The summed E-state index contributed by atoms with van der Waals surface area (Å²) in [6, 6.07) is 2.04. The van der Waals surface area contributed by atoms with Gasteiger partial charge in [0.2, 0.25) is 5.28 Å². The molecule has 0 unspecified atom stereocenters. The summed E-state index contributed by atoms with van der Waals surface area (Å²) < 4.78 is 27.3. The lowest BCUT2D eigenvalue weighted by molar-refractivity contribution is 0.598. The van der Waals surface area contributed by atoms with Gasteiger partial charge >= 0.3 is 0 Å². The molecule has 1 aromatic carbocycles. The van der Waals surface area contributed by atoms with E-state index in [2.05, 4.69) is 41.4 Å². The van der Waals surface area contributed by atoms with Crippen molar-refractivity contribution in [1.82, 2.24) is 20.2 Å². The van der Waals surface area contributed by atoms with Crippen LogP contribution in [0.4, 0.5) is 20.3 Å². The molecule has 2 aromatic heterocycles. The van der Waals surface area contributed by atoms with Gasteiger partial charge in [-0.3, -0.25) is 5.10 Å². The predicted molar refractivity (Wildman–Crippen MR) is 74.0 cm³/mol. The third-order valence-electron chi connectivity index (χ3n) is 2.55. The SMILES string of the molecule is Fc1cc(Nc2nc(Cl)nc3[nH]ncc23)c(F)cc1Br. The molecule has 0 bridgehead atoms. The first-order valence-corrected chi connectivity index (χ1v) is 6.50. The lowest BCUT2D eigenvalue weighted by atomic mass is 10.3. The fourth-order valence-corrected chi connectivity index (χ4v) is 2.13. The van der Waals surface area contributed by atoms with E-state index in [1.165, 1.54) is 6.20 Å². The van der Waals surface area contributed by atoms with E-state index < -0.39 is 11.6 Å². The van der Waals surface area contributed by atoms with Crippen LogP contribution in [0, 0.1) is 11.6 Å². The molecule has 0 spiro atoms. The van der Waals surface area contributed by atoms with Crippen molar-refractivity contribution in [1.29, 1.82) is 0 Å². The van der Waals surface area contributed by atoms with Gasteiger partial charge in [-0.1, -0.05) is 0 Å². The molecule has 0 radical (unpaired) electrons. The van der Waals surface area contributed by atoms with Crippen LogP contribution in [0.15, 0.2) is 22.8 Å². The maximum absolute atomic E-state index is 13.8. The van der Waals surface area contributed by atoms with Gasteiger partial charge in [0.25, 0.3) is 0 Å². The first kappa shape index (κ1) is 13.2. The number of nitrogens with zero attached hydrogens (tertiary/aromatic N) is 3. The van der Waals surface area contributed by atoms with E-state index >= 15 is 0 Å². The summed E-state index contributed by atoms with van der Waals surface area (Å²) in [6.07, 6.45) is 1.46. The molecular formula is C11H5BrClF2N5. The number of halogens is 4. The van der Waals surface area contributed by atoms with Crippen molar-refractivity contribution >= 4 is 50.1 Å². The molecule has 0 saturated carbocycles. The van der Waals surface area contributed by atoms with Crippen molar-refractivity contribution in [3.05, 3.63) is 39.7 Å². The number of aromatic nitrogens is 4. The number of aromatic amines is 1. The minimum atomic E-state index is -0.635. The van der Waals surface area contributed by atoms with Crippen LogP contribution in [-0.4, -0.2) is 20.2 Å². The van der Waals surface area contributed by atoms with Crippen LogP contribution in [0.5, 0.6) is 0 Å². The lowest BCUT2D eigenvalue weighted by Gasteiger charge is -2.08. The van der Waals surface area contributed by atoms with Gasteiger partial charge in [-0.15, -0.1) is 0 Å². The molecule has 5 nitrogen and oxygen atoms in total. The zero-order chi connectivity index (χ0) is 14.3. The predicted octanol–water partition coefficient (Wildman–Crippen LogP) is 3.79. The maximum Gasteiger partial charge on any atom is 0.226 e. The van der Waals surface area contributed by atoms with Crippen LogP contribution in [0.25, 0.3) is 11.0 Å². The summed E-state index contributed by atoms with van der Waals surface area (Å²) in [7, 11) is 0. The number of nitrogens with one attached hydrogen (secondary N) is 2. The fourth-order valence-electron chi connectivity index (χ4n) is 1.65. The third-order valence-corrected chi connectivity index (χ3v) is 3.32. The molecule has 0 aliphatic rings. The van der Waals surface area contributed by atoms with E-state index in [0.29, 0.717) is 11.0 Å². The Morgan fingerprint density at radius 3 is 2.80 bits per heavy atom. The first-order chi connectivity index (χ1) is 9.54. The highest BCUT2D eigenvalue weighted by molar-refractivity contribution is 9.10. The van der Waals surface area contributed by atoms with Crippen LogP contribution in [-0.2, 0) is 0 Å². The minimum Gasteiger partial charge on any atom is -0.337 e. The molecule has 0 aliphatic carbocycles. The zero-order valence-corrected chi connectivity index (χ0v) is 11.9. The Hall–Kier alpha value is -1.80. The van der Waals surface area contributed by atoms with Crippen molar-refractivity contribution in [2.75, 3.05) is 5.32 Å². The molecule has 9 heteroatoms. The Morgan fingerprint density at radius 1 is 1.20 bits per heavy atom. The quantitative estimate of drug-likeness (QED) is 0.539.